The zero-order chi connectivity index (χ0) is 51.5. The molecule has 1 aliphatic rings. The molecular formula is C57H39N7. The van der Waals surface area contributed by atoms with Gasteiger partial charge in [0, 0.05) is 55.1 Å². The van der Waals surface area contributed by atoms with Gasteiger partial charge < -0.3 is 4.57 Å². The highest BCUT2D eigenvalue weighted by molar-refractivity contribution is 6.16. The summed E-state index contributed by atoms with van der Waals surface area (Å²) in [4.78, 5) is 29.6. The van der Waals surface area contributed by atoms with Gasteiger partial charge in [0.15, 0.2) is 34.9 Å². The second-order valence-corrected chi connectivity index (χ2v) is 16.0. The molecule has 7 heteroatoms. The number of hydrogen-bond acceptors (Lipinski definition) is 6. The van der Waals surface area contributed by atoms with Crippen molar-refractivity contribution in [1.82, 2.24) is 34.5 Å². The summed E-state index contributed by atoms with van der Waals surface area (Å²) in [5.74, 6) is 0.219. The average molecular weight is 832 g/mol. The summed E-state index contributed by atoms with van der Waals surface area (Å²) in [6.45, 7) is 4.45. The van der Waals surface area contributed by atoms with E-state index in [0.717, 1.165) is 38.5 Å². The maximum Gasteiger partial charge on any atom is 0.166 e. The Labute approximate surface area is 384 Å². The highest BCUT2D eigenvalue weighted by Crippen LogP contribution is 2.53. The Bertz CT molecular complexity index is 4130. The maximum absolute atomic E-state index is 9.06. The van der Waals surface area contributed by atoms with E-state index in [1.54, 1.807) is 12.1 Å². The van der Waals surface area contributed by atoms with Gasteiger partial charge in [-0.05, 0) is 41.0 Å². The number of aromatic nitrogens is 7. The number of nitrogens with zero attached hydrogens (tertiary/aromatic N) is 7. The van der Waals surface area contributed by atoms with E-state index in [2.05, 4.69) is 60.9 Å². The van der Waals surface area contributed by atoms with Gasteiger partial charge in [0.25, 0.3) is 0 Å². The summed E-state index contributed by atoms with van der Waals surface area (Å²) in [7, 11) is 0. The van der Waals surface area contributed by atoms with Crippen LogP contribution in [-0.2, 0) is 5.41 Å². The predicted octanol–water partition coefficient (Wildman–Crippen LogP) is 13.5. The molecule has 0 spiro atoms. The first-order valence-electron chi connectivity index (χ1n) is 25.7. The molecule has 12 rings (SSSR count). The molecule has 0 atom stereocenters. The van der Waals surface area contributed by atoms with Crippen LogP contribution in [-0.4, -0.2) is 34.5 Å². The van der Waals surface area contributed by atoms with Gasteiger partial charge in [-0.3, -0.25) is 0 Å². The Hall–Kier alpha value is -8.42. The lowest BCUT2D eigenvalue weighted by molar-refractivity contribution is 0.661. The van der Waals surface area contributed by atoms with Crippen molar-refractivity contribution in [3.8, 4) is 85.1 Å². The fourth-order valence-corrected chi connectivity index (χ4v) is 8.92. The second-order valence-electron chi connectivity index (χ2n) is 16.0. The fraction of sp³-hybridized carbons (Fsp3) is 0.0526. The van der Waals surface area contributed by atoms with E-state index in [4.69, 9.17) is 43.6 Å². The van der Waals surface area contributed by atoms with E-state index in [9.17, 15) is 0 Å². The molecule has 3 aromatic heterocycles. The van der Waals surface area contributed by atoms with Crippen molar-refractivity contribution >= 4 is 21.8 Å². The van der Waals surface area contributed by atoms with E-state index in [-0.39, 0.29) is 51.5 Å². The van der Waals surface area contributed by atoms with Gasteiger partial charge >= 0.3 is 0 Å². The van der Waals surface area contributed by atoms with Crippen molar-refractivity contribution in [2.45, 2.75) is 19.3 Å². The number of fused-ring (bicyclic) bond motifs is 7. The van der Waals surface area contributed by atoms with E-state index in [0.29, 0.717) is 27.9 Å². The fourth-order valence-electron chi connectivity index (χ4n) is 8.92. The molecular weight excluding hydrogens is 783 g/mol. The van der Waals surface area contributed by atoms with Crippen LogP contribution < -0.4 is 0 Å². The van der Waals surface area contributed by atoms with E-state index < -0.39 is 60.4 Å². The Morgan fingerprint density at radius 3 is 1.55 bits per heavy atom. The first-order valence-corrected chi connectivity index (χ1v) is 20.7. The quantitative estimate of drug-likeness (QED) is 0.159. The highest BCUT2D eigenvalue weighted by Gasteiger charge is 2.38. The van der Waals surface area contributed by atoms with Gasteiger partial charge in [0.05, 0.1) is 30.4 Å². The van der Waals surface area contributed by atoms with Crippen LogP contribution in [0, 0.1) is 0 Å². The molecule has 64 heavy (non-hydrogen) atoms. The van der Waals surface area contributed by atoms with Gasteiger partial charge in [-0.2, -0.15) is 0 Å². The summed E-state index contributed by atoms with van der Waals surface area (Å²) >= 11 is 0. The SMILES string of the molecule is [2H]c1c([2H])c([2H])c(-c2nc(-c3ccccc3)nc(-c3ccc(-n4c5ccccc5c5ccc6c(c54)-c4ccccc4C6(C)C)c(-c4nc(-c5ccccc5)nc(-c5c([2H])c([2H])c([2H])c([2H])c5[2H])n4)c3)n2)c([2H])c1[2H]. The van der Waals surface area contributed by atoms with Gasteiger partial charge in [0.1, 0.15) is 0 Å². The van der Waals surface area contributed by atoms with Crippen molar-refractivity contribution in [3.05, 3.63) is 211 Å². The molecule has 0 saturated heterocycles. The number of rotatable bonds is 7. The third kappa shape index (κ3) is 6.12. The van der Waals surface area contributed by atoms with Crippen LogP contribution >= 0.6 is 0 Å². The number of hydrogen-bond donors (Lipinski definition) is 0. The molecule has 0 N–H and O–H groups in total. The molecule has 0 saturated carbocycles. The van der Waals surface area contributed by atoms with Gasteiger partial charge in [0.2, 0.25) is 0 Å². The summed E-state index contributed by atoms with van der Waals surface area (Å²) < 4.78 is 89.2. The molecule has 0 amide bonds. The molecule has 8 aromatic carbocycles. The van der Waals surface area contributed by atoms with Crippen molar-refractivity contribution in [1.29, 1.82) is 0 Å². The van der Waals surface area contributed by atoms with Crippen LogP contribution in [0.3, 0.4) is 0 Å². The van der Waals surface area contributed by atoms with E-state index in [1.165, 1.54) is 5.56 Å². The van der Waals surface area contributed by atoms with Crippen LogP contribution in [0.5, 0.6) is 0 Å². The smallest absolute Gasteiger partial charge is 0.166 e. The maximum atomic E-state index is 9.06. The molecule has 11 aromatic rings. The molecule has 0 fully saturated rings. The normalized spacial score (nSPS) is 14.8. The molecule has 0 aliphatic heterocycles. The lowest BCUT2D eigenvalue weighted by Crippen LogP contribution is -2.14. The standard InChI is InChI=1S/C57H39N7/c1-57(2)45-29-17-15-28-43(45)49-46(57)33-32-42-41-27-16-18-30-47(41)64(50(42)49)48-34-31-40(55-60-51(36-19-7-3-8-20-36)58-52(61-55)37-21-9-4-10-22-37)35-44(48)56-62-53(38-23-11-5-12-24-38)59-54(63-56)39-25-13-6-14-26-39/h3-35H,1-2H3/i3D,5D,7D,8D,11D,12D,19D,20D,23D,24D. The third-order valence-corrected chi connectivity index (χ3v) is 11.9. The molecule has 0 radical (unpaired) electrons. The Morgan fingerprint density at radius 1 is 0.406 bits per heavy atom. The van der Waals surface area contributed by atoms with E-state index >= 15 is 0 Å². The number of para-hydroxylation sites is 1. The Morgan fingerprint density at radius 2 is 0.922 bits per heavy atom. The summed E-state index contributed by atoms with van der Waals surface area (Å²) in [5.41, 5.74) is 8.07. The Kier molecular flexibility index (Phi) is 6.57. The minimum atomic E-state index is -0.560. The minimum absolute atomic E-state index is 0.0833. The molecule has 0 unspecified atom stereocenters. The first-order chi connectivity index (χ1) is 35.6. The average Bonchev–Trinajstić information content (AvgIpc) is 3.89. The molecule has 0 bridgehead atoms. The largest absolute Gasteiger partial charge is 0.308 e. The van der Waals surface area contributed by atoms with Crippen LogP contribution in [0.25, 0.3) is 107 Å². The van der Waals surface area contributed by atoms with Gasteiger partial charge in [-0.15, -0.1) is 0 Å². The van der Waals surface area contributed by atoms with Crippen molar-refractivity contribution < 1.29 is 13.7 Å². The summed E-state index contributed by atoms with van der Waals surface area (Å²) in [6, 6.07) is 39.4. The summed E-state index contributed by atoms with van der Waals surface area (Å²) in [6.07, 6.45) is 0. The van der Waals surface area contributed by atoms with Crippen molar-refractivity contribution in [3.63, 3.8) is 0 Å². The second kappa shape index (κ2) is 14.9. The molecule has 1 aliphatic carbocycles. The lowest BCUT2D eigenvalue weighted by atomic mass is 9.82. The van der Waals surface area contributed by atoms with Crippen molar-refractivity contribution in [2.24, 2.45) is 0 Å². The first kappa shape index (κ1) is 28.2. The number of benzene rings is 8. The molecule has 3 heterocycles. The summed E-state index contributed by atoms with van der Waals surface area (Å²) in [5, 5.41) is 1.98. The van der Waals surface area contributed by atoms with Crippen LogP contribution in [0.15, 0.2) is 200 Å². The van der Waals surface area contributed by atoms with Crippen LogP contribution in [0.4, 0.5) is 0 Å². The lowest BCUT2D eigenvalue weighted by Gasteiger charge is -2.21. The topological polar surface area (TPSA) is 82.3 Å². The Balaban J connectivity index is 1.22. The van der Waals surface area contributed by atoms with Crippen LogP contribution in [0.2, 0.25) is 0 Å². The highest BCUT2D eigenvalue weighted by atomic mass is 15.1. The van der Waals surface area contributed by atoms with Crippen molar-refractivity contribution in [2.75, 3.05) is 0 Å². The van der Waals surface area contributed by atoms with E-state index in [1.807, 2.05) is 84.9 Å². The monoisotopic (exact) mass is 831 g/mol. The van der Waals surface area contributed by atoms with Crippen LogP contribution in [0.1, 0.15) is 38.7 Å². The molecule has 302 valence electrons. The zero-order valence-corrected chi connectivity index (χ0v) is 34.4. The predicted molar refractivity (Wildman–Crippen MR) is 258 cm³/mol. The van der Waals surface area contributed by atoms with Gasteiger partial charge in [-0.25, -0.2) is 29.9 Å². The zero-order valence-electron chi connectivity index (χ0n) is 44.4. The third-order valence-electron chi connectivity index (χ3n) is 11.9. The molecule has 7 nitrogen and oxygen atoms in total. The van der Waals surface area contributed by atoms with Gasteiger partial charge in [-0.1, -0.05) is 190 Å². The minimum Gasteiger partial charge on any atom is -0.308 e.